The van der Waals surface area contributed by atoms with E-state index >= 15 is 0 Å². The predicted molar refractivity (Wildman–Crippen MR) is 103 cm³/mol. The Bertz CT molecular complexity index is 786. The summed E-state index contributed by atoms with van der Waals surface area (Å²) in [6.45, 7) is 5.43. The molecular weight excluding hydrogens is 396 g/mol. The van der Waals surface area contributed by atoms with Gasteiger partial charge in [0.2, 0.25) is 6.79 Å². The predicted octanol–water partition coefficient (Wildman–Crippen LogP) is 3.18. The molecule has 0 aliphatic carbocycles. The number of ketones is 1. The average Bonchev–Trinajstić information content (AvgIpc) is 3.12. The van der Waals surface area contributed by atoms with Crippen LogP contribution in [0.1, 0.15) is 15.9 Å². The Morgan fingerprint density at radius 2 is 1.62 bits per heavy atom. The van der Waals surface area contributed by atoms with Gasteiger partial charge in [0, 0.05) is 42.8 Å². The van der Waals surface area contributed by atoms with E-state index in [1.54, 1.807) is 0 Å². The number of Topliss-reactive ketones (excluding diaryl/α,β-unsaturated/α-hetero) is 1. The molecule has 0 N–H and O–H groups in total. The van der Waals surface area contributed by atoms with Gasteiger partial charge in [-0.3, -0.25) is 14.6 Å². The number of nitrogens with zero attached hydrogens (tertiary/aromatic N) is 2. The van der Waals surface area contributed by atoms with Crippen molar-refractivity contribution < 1.29 is 14.3 Å². The lowest BCUT2D eigenvalue weighted by Gasteiger charge is -2.34. The van der Waals surface area contributed by atoms with E-state index in [1.165, 1.54) is 5.56 Å². The van der Waals surface area contributed by atoms with Gasteiger partial charge in [-0.05, 0) is 29.8 Å². The molecule has 0 bridgehead atoms. The number of halogens is 1. The summed E-state index contributed by atoms with van der Waals surface area (Å²) in [7, 11) is 0. The zero-order valence-electron chi connectivity index (χ0n) is 14.5. The van der Waals surface area contributed by atoms with Crippen LogP contribution in [-0.4, -0.2) is 55.1 Å². The zero-order valence-corrected chi connectivity index (χ0v) is 16.1. The smallest absolute Gasteiger partial charge is 0.231 e. The van der Waals surface area contributed by atoms with Gasteiger partial charge in [0.15, 0.2) is 17.3 Å². The highest BCUT2D eigenvalue weighted by molar-refractivity contribution is 9.10. The molecule has 0 amide bonds. The molecule has 0 atom stereocenters. The van der Waals surface area contributed by atoms with Crippen LogP contribution in [0.2, 0.25) is 0 Å². The molecule has 1 saturated heterocycles. The number of benzene rings is 2. The second-order valence-corrected chi connectivity index (χ2v) is 7.59. The molecule has 2 heterocycles. The lowest BCUT2D eigenvalue weighted by molar-refractivity contribution is 0.0843. The van der Waals surface area contributed by atoms with Crippen molar-refractivity contribution >= 4 is 21.7 Å². The zero-order chi connectivity index (χ0) is 17.9. The number of hydrogen-bond acceptors (Lipinski definition) is 5. The highest BCUT2D eigenvalue weighted by atomic mass is 79.9. The minimum absolute atomic E-state index is 0.182. The van der Waals surface area contributed by atoms with E-state index in [-0.39, 0.29) is 5.78 Å². The molecule has 2 aromatic rings. The summed E-state index contributed by atoms with van der Waals surface area (Å²) in [5.74, 6) is 1.84. The fourth-order valence-electron chi connectivity index (χ4n) is 3.33. The molecule has 2 aliphatic heterocycles. The summed E-state index contributed by atoms with van der Waals surface area (Å²) in [4.78, 5) is 17.1. The molecule has 26 heavy (non-hydrogen) atoms. The lowest BCUT2D eigenvalue weighted by atomic mass is 10.1. The van der Waals surface area contributed by atoms with Crippen molar-refractivity contribution in [2.24, 2.45) is 0 Å². The molecule has 0 saturated carbocycles. The van der Waals surface area contributed by atoms with E-state index in [2.05, 4.69) is 37.9 Å². The molecule has 0 aromatic heterocycles. The maximum absolute atomic E-state index is 12.4. The first-order valence-electron chi connectivity index (χ1n) is 8.79. The second kappa shape index (κ2) is 7.78. The van der Waals surface area contributed by atoms with Crippen molar-refractivity contribution in [3.8, 4) is 11.5 Å². The van der Waals surface area contributed by atoms with Crippen molar-refractivity contribution in [2.45, 2.75) is 6.54 Å². The molecule has 5 nitrogen and oxygen atoms in total. The summed E-state index contributed by atoms with van der Waals surface area (Å²) in [5.41, 5.74) is 2.00. The largest absolute Gasteiger partial charge is 0.454 e. The number of rotatable bonds is 5. The molecule has 0 spiro atoms. The van der Waals surface area contributed by atoms with Crippen LogP contribution in [0, 0.1) is 0 Å². The minimum Gasteiger partial charge on any atom is -0.454 e. The monoisotopic (exact) mass is 416 g/mol. The number of carbonyl (C=O) groups is 1. The Kier molecular flexibility index (Phi) is 5.24. The van der Waals surface area contributed by atoms with Gasteiger partial charge in [0.25, 0.3) is 0 Å². The first kappa shape index (κ1) is 17.5. The number of carbonyl (C=O) groups excluding carboxylic acids is 1. The topological polar surface area (TPSA) is 42.0 Å². The van der Waals surface area contributed by atoms with Gasteiger partial charge in [-0.15, -0.1) is 0 Å². The van der Waals surface area contributed by atoms with Gasteiger partial charge in [-0.1, -0.05) is 34.1 Å². The van der Waals surface area contributed by atoms with Crippen LogP contribution in [0.25, 0.3) is 0 Å². The number of piperazine rings is 1. The summed E-state index contributed by atoms with van der Waals surface area (Å²) >= 11 is 3.40. The first-order valence-corrected chi connectivity index (χ1v) is 9.59. The van der Waals surface area contributed by atoms with E-state index in [0.717, 1.165) is 54.3 Å². The van der Waals surface area contributed by atoms with Crippen LogP contribution < -0.4 is 9.47 Å². The third-order valence-corrected chi connectivity index (χ3v) is 5.37. The third-order valence-electron chi connectivity index (χ3n) is 4.84. The van der Waals surface area contributed by atoms with E-state index in [0.29, 0.717) is 13.3 Å². The molecular formula is C20H21BrN2O3. The normalized spacial score (nSPS) is 17.4. The van der Waals surface area contributed by atoms with Crippen molar-refractivity contribution in [1.29, 1.82) is 0 Å². The quantitative estimate of drug-likeness (QED) is 0.700. The fourth-order valence-corrected chi connectivity index (χ4v) is 3.60. The molecule has 6 heteroatoms. The van der Waals surface area contributed by atoms with Crippen molar-refractivity contribution in [1.82, 2.24) is 9.80 Å². The van der Waals surface area contributed by atoms with Crippen LogP contribution in [0.4, 0.5) is 0 Å². The highest BCUT2D eigenvalue weighted by Crippen LogP contribution is 2.32. The maximum Gasteiger partial charge on any atom is 0.231 e. The van der Waals surface area contributed by atoms with Crippen LogP contribution in [0.15, 0.2) is 46.9 Å². The Morgan fingerprint density at radius 1 is 0.923 bits per heavy atom. The average molecular weight is 417 g/mol. The number of ether oxygens (including phenoxy) is 2. The Balaban J connectivity index is 1.27. The molecule has 4 rings (SSSR count). The molecule has 136 valence electrons. The molecule has 0 radical (unpaired) electrons. The van der Waals surface area contributed by atoms with Crippen molar-refractivity contribution in [3.05, 3.63) is 58.1 Å². The molecule has 0 unspecified atom stereocenters. The van der Waals surface area contributed by atoms with Gasteiger partial charge in [0.1, 0.15) is 0 Å². The van der Waals surface area contributed by atoms with Crippen LogP contribution in [-0.2, 0) is 6.54 Å². The van der Waals surface area contributed by atoms with Gasteiger partial charge >= 0.3 is 0 Å². The Hall–Kier alpha value is -1.89. The molecule has 2 aromatic carbocycles. The molecule has 1 fully saturated rings. The maximum atomic E-state index is 12.4. The third kappa shape index (κ3) is 4.09. The van der Waals surface area contributed by atoms with Crippen LogP contribution in [0.3, 0.4) is 0 Å². The fraction of sp³-hybridized carbons (Fsp3) is 0.350. The Labute approximate surface area is 161 Å². The first-order chi connectivity index (χ1) is 12.7. The number of hydrogen-bond donors (Lipinski definition) is 0. The van der Waals surface area contributed by atoms with Gasteiger partial charge in [-0.25, -0.2) is 0 Å². The van der Waals surface area contributed by atoms with E-state index in [4.69, 9.17) is 9.47 Å². The van der Waals surface area contributed by atoms with E-state index < -0.39 is 0 Å². The second-order valence-electron chi connectivity index (χ2n) is 6.67. The van der Waals surface area contributed by atoms with Crippen LogP contribution >= 0.6 is 15.9 Å². The summed E-state index contributed by atoms with van der Waals surface area (Å²) < 4.78 is 11.8. The number of fused-ring (bicyclic) bond motifs is 1. The lowest BCUT2D eigenvalue weighted by Crippen LogP contribution is -2.47. The van der Waals surface area contributed by atoms with Crippen LogP contribution in [0.5, 0.6) is 11.5 Å². The Morgan fingerprint density at radius 3 is 2.38 bits per heavy atom. The van der Waals surface area contributed by atoms with Gasteiger partial charge in [0.05, 0.1) is 6.54 Å². The SMILES string of the molecule is O=C(CN1CCN(Cc2ccc3c(c2)OCO3)CC1)c1ccc(Br)cc1. The van der Waals surface area contributed by atoms with Gasteiger partial charge in [-0.2, -0.15) is 0 Å². The summed E-state index contributed by atoms with van der Waals surface area (Å²) in [5, 5.41) is 0. The minimum atomic E-state index is 0.182. The standard InChI is InChI=1S/C20H21BrN2O3/c21-17-4-2-16(3-5-17)18(24)13-23-9-7-22(8-10-23)12-15-1-6-19-20(11-15)26-14-25-19/h1-6,11H,7-10,12-14H2. The van der Waals surface area contributed by atoms with Gasteiger partial charge < -0.3 is 9.47 Å². The molecule has 2 aliphatic rings. The van der Waals surface area contributed by atoms with Crippen molar-refractivity contribution in [3.63, 3.8) is 0 Å². The van der Waals surface area contributed by atoms with E-state index in [1.807, 2.05) is 30.3 Å². The summed E-state index contributed by atoms with van der Waals surface area (Å²) in [6.07, 6.45) is 0. The van der Waals surface area contributed by atoms with Crippen molar-refractivity contribution in [2.75, 3.05) is 39.5 Å². The highest BCUT2D eigenvalue weighted by Gasteiger charge is 2.20. The summed E-state index contributed by atoms with van der Waals surface area (Å²) in [6, 6.07) is 13.7. The van der Waals surface area contributed by atoms with E-state index in [9.17, 15) is 4.79 Å².